The number of hydrogen-bond acceptors (Lipinski definition) is 5. The lowest BCUT2D eigenvalue weighted by Gasteiger charge is -2.23. The van der Waals surface area contributed by atoms with Gasteiger partial charge < -0.3 is 25.6 Å². The van der Waals surface area contributed by atoms with Crippen LogP contribution in [0.3, 0.4) is 0 Å². The zero-order chi connectivity index (χ0) is 32.6. The summed E-state index contributed by atoms with van der Waals surface area (Å²) in [4.78, 5) is 22.6. The van der Waals surface area contributed by atoms with E-state index in [1.807, 2.05) is 6.08 Å². The van der Waals surface area contributed by atoms with E-state index in [0.29, 0.717) is 6.42 Å². The van der Waals surface area contributed by atoms with Crippen molar-refractivity contribution in [1.82, 2.24) is 5.32 Å². The molecule has 8 heteroatoms. The van der Waals surface area contributed by atoms with Crippen LogP contribution in [-0.4, -0.2) is 47.4 Å². The fourth-order valence-electron chi connectivity index (χ4n) is 5.53. The highest BCUT2D eigenvalue weighted by atomic mass is 31.2. The van der Waals surface area contributed by atoms with E-state index in [2.05, 4.69) is 19.2 Å². The Morgan fingerprint density at radius 1 is 0.727 bits per heavy atom. The van der Waals surface area contributed by atoms with Gasteiger partial charge in [0.1, 0.15) is 0 Å². The third-order valence-electron chi connectivity index (χ3n) is 8.44. The van der Waals surface area contributed by atoms with Crippen LogP contribution >= 0.6 is 7.60 Å². The molecule has 1 amide bonds. The molecule has 0 aliphatic carbocycles. The van der Waals surface area contributed by atoms with E-state index >= 15 is 0 Å². The third-order valence-corrected chi connectivity index (χ3v) is 9.82. The number of unbranched alkanes of at least 4 members (excludes halogenated alkanes) is 23. The van der Waals surface area contributed by atoms with Gasteiger partial charge in [-0.3, -0.25) is 9.36 Å². The topological polar surface area (TPSA) is 122 Å². The van der Waals surface area contributed by atoms with Gasteiger partial charge in [0.25, 0.3) is 0 Å². The zero-order valence-corrected chi connectivity index (χ0v) is 29.9. The van der Waals surface area contributed by atoms with Gasteiger partial charge in [-0.25, -0.2) is 0 Å². The average molecular weight is 645 g/mol. The number of nitrogens with one attached hydrogen (secondary N) is 1. The van der Waals surface area contributed by atoms with E-state index in [4.69, 9.17) is 10.3 Å². The van der Waals surface area contributed by atoms with Crippen molar-refractivity contribution in [2.45, 2.75) is 193 Å². The molecular formula is C36H73N2O5P. The summed E-state index contributed by atoms with van der Waals surface area (Å²) in [5.74, 6) is -0.161. The first-order chi connectivity index (χ1) is 21.4. The summed E-state index contributed by atoms with van der Waals surface area (Å²) in [6.07, 6.45) is 34.1. The van der Waals surface area contributed by atoms with Crippen LogP contribution in [0.1, 0.15) is 181 Å². The number of rotatable bonds is 34. The third kappa shape index (κ3) is 30.0. The minimum absolute atomic E-state index is 0.0330. The van der Waals surface area contributed by atoms with Crippen LogP contribution in [0.25, 0.3) is 0 Å². The first kappa shape index (κ1) is 43.3. The molecule has 7 nitrogen and oxygen atoms in total. The number of aliphatic hydroxyl groups is 1. The Labute approximate surface area is 272 Å². The SMILES string of the molecule is CCCCCCCCCCCCCC=CC(O)C(COP(=O)(O)CCN)NC(=O)CCCCCCCCCCCCCCC. The molecule has 0 heterocycles. The summed E-state index contributed by atoms with van der Waals surface area (Å²) >= 11 is 0. The largest absolute Gasteiger partial charge is 0.387 e. The van der Waals surface area contributed by atoms with Crippen LogP contribution < -0.4 is 11.1 Å². The molecule has 0 bridgehead atoms. The Balaban J connectivity index is 4.24. The van der Waals surface area contributed by atoms with E-state index < -0.39 is 19.7 Å². The van der Waals surface area contributed by atoms with Gasteiger partial charge in [0, 0.05) is 13.0 Å². The number of amides is 1. The van der Waals surface area contributed by atoms with Crippen molar-refractivity contribution in [2.24, 2.45) is 5.73 Å². The number of carbonyl (C=O) groups is 1. The standard InChI is InChI=1S/C36H73N2O5P/c1-3-5-7-9-11-13-15-17-19-21-23-25-27-29-35(39)34(33-43-44(41,42)32-31-37)38-36(40)30-28-26-24-22-20-18-16-14-12-10-8-6-4-2/h27,29,34-35,39H,3-26,28,30-33,37H2,1-2H3,(H,38,40)(H,41,42). The summed E-state index contributed by atoms with van der Waals surface area (Å²) in [5, 5.41) is 13.6. The maximum absolute atomic E-state index is 12.6. The predicted molar refractivity (Wildman–Crippen MR) is 188 cm³/mol. The zero-order valence-electron chi connectivity index (χ0n) is 29.0. The van der Waals surface area contributed by atoms with E-state index in [-0.39, 0.29) is 25.2 Å². The molecule has 0 fully saturated rings. The van der Waals surface area contributed by atoms with Crippen LogP contribution in [-0.2, 0) is 13.9 Å². The van der Waals surface area contributed by atoms with Crippen LogP contribution in [0.5, 0.6) is 0 Å². The minimum Gasteiger partial charge on any atom is -0.387 e. The van der Waals surface area contributed by atoms with Gasteiger partial charge in [0.15, 0.2) is 0 Å². The fourth-order valence-corrected chi connectivity index (χ4v) is 6.38. The van der Waals surface area contributed by atoms with Gasteiger partial charge in [-0.05, 0) is 19.3 Å². The normalized spacial score (nSPS) is 14.6. The van der Waals surface area contributed by atoms with Gasteiger partial charge in [-0.2, -0.15) is 0 Å². The molecule has 5 N–H and O–H groups in total. The maximum atomic E-state index is 12.6. The summed E-state index contributed by atoms with van der Waals surface area (Å²) < 4.78 is 17.4. The van der Waals surface area contributed by atoms with E-state index in [0.717, 1.165) is 32.1 Å². The van der Waals surface area contributed by atoms with Crippen molar-refractivity contribution in [1.29, 1.82) is 0 Å². The molecule has 3 unspecified atom stereocenters. The molecule has 0 saturated heterocycles. The molecule has 3 atom stereocenters. The van der Waals surface area contributed by atoms with Crippen molar-refractivity contribution in [3.05, 3.63) is 12.2 Å². The molecule has 0 spiro atoms. The van der Waals surface area contributed by atoms with Crippen molar-refractivity contribution in [3.8, 4) is 0 Å². The number of aliphatic hydroxyl groups excluding tert-OH is 1. The number of nitrogens with two attached hydrogens (primary N) is 1. The lowest BCUT2D eigenvalue weighted by molar-refractivity contribution is -0.122. The molecule has 0 aliphatic heterocycles. The van der Waals surface area contributed by atoms with Crippen LogP contribution in [0, 0.1) is 0 Å². The molecule has 0 rings (SSSR count). The Morgan fingerprint density at radius 3 is 1.57 bits per heavy atom. The molecule has 0 aliphatic rings. The summed E-state index contributed by atoms with van der Waals surface area (Å²) in [6.45, 7) is 4.31. The second kappa shape index (κ2) is 32.2. The molecule has 262 valence electrons. The van der Waals surface area contributed by atoms with Gasteiger partial charge in [-0.15, -0.1) is 0 Å². The van der Waals surface area contributed by atoms with Gasteiger partial charge in [0.05, 0.1) is 24.9 Å². The quantitative estimate of drug-likeness (QED) is 0.0314. The maximum Gasteiger partial charge on any atom is 0.329 e. The molecule has 0 saturated carbocycles. The van der Waals surface area contributed by atoms with E-state index in [1.165, 1.54) is 128 Å². The van der Waals surface area contributed by atoms with E-state index in [9.17, 15) is 19.4 Å². The van der Waals surface area contributed by atoms with Gasteiger partial charge in [-0.1, -0.05) is 167 Å². The summed E-state index contributed by atoms with van der Waals surface area (Å²) in [7, 11) is -3.85. The van der Waals surface area contributed by atoms with Gasteiger partial charge >= 0.3 is 7.60 Å². The predicted octanol–water partition coefficient (Wildman–Crippen LogP) is 9.73. The van der Waals surface area contributed by atoms with Crippen molar-refractivity contribution >= 4 is 13.5 Å². The number of carbonyl (C=O) groups excluding carboxylic acids is 1. The van der Waals surface area contributed by atoms with E-state index in [1.54, 1.807) is 6.08 Å². The van der Waals surface area contributed by atoms with Crippen molar-refractivity contribution < 1.29 is 23.9 Å². The summed E-state index contributed by atoms with van der Waals surface area (Å²) in [6, 6.07) is -0.781. The molecule has 0 aromatic carbocycles. The Hall–Kier alpha value is -0.720. The average Bonchev–Trinajstić information content (AvgIpc) is 2.99. The second-order valence-electron chi connectivity index (χ2n) is 12.9. The highest BCUT2D eigenvalue weighted by Crippen LogP contribution is 2.41. The Bertz CT molecular complexity index is 706. The Kier molecular flexibility index (Phi) is 31.7. The lowest BCUT2D eigenvalue weighted by Crippen LogP contribution is -2.45. The number of allylic oxidation sites excluding steroid dienone is 1. The molecule has 0 aromatic heterocycles. The first-order valence-corrected chi connectivity index (χ1v) is 20.4. The molecule has 44 heavy (non-hydrogen) atoms. The minimum atomic E-state index is -3.85. The number of hydrogen-bond donors (Lipinski definition) is 4. The summed E-state index contributed by atoms with van der Waals surface area (Å²) in [5.41, 5.74) is 5.42. The molecule has 0 radical (unpaired) electrons. The lowest BCUT2D eigenvalue weighted by atomic mass is 10.0. The van der Waals surface area contributed by atoms with Crippen LogP contribution in [0.4, 0.5) is 0 Å². The van der Waals surface area contributed by atoms with Crippen LogP contribution in [0.2, 0.25) is 0 Å². The highest BCUT2D eigenvalue weighted by molar-refractivity contribution is 7.52. The fraction of sp³-hybridized carbons (Fsp3) is 0.917. The first-order valence-electron chi connectivity index (χ1n) is 18.7. The smallest absolute Gasteiger partial charge is 0.329 e. The van der Waals surface area contributed by atoms with Crippen molar-refractivity contribution in [2.75, 3.05) is 19.3 Å². The second-order valence-corrected chi connectivity index (χ2v) is 14.8. The van der Waals surface area contributed by atoms with Crippen LogP contribution in [0.15, 0.2) is 12.2 Å². The highest BCUT2D eigenvalue weighted by Gasteiger charge is 2.25. The molecule has 0 aromatic rings. The van der Waals surface area contributed by atoms with Crippen molar-refractivity contribution in [3.63, 3.8) is 0 Å². The monoisotopic (exact) mass is 645 g/mol. The Morgan fingerprint density at radius 2 is 1.14 bits per heavy atom. The molecular weight excluding hydrogens is 571 g/mol. The van der Waals surface area contributed by atoms with Gasteiger partial charge in [0.2, 0.25) is 5.91 Å².